The number of amides is 1. The van der Waals surface area contributed by atoms with Crippen LogP contribution in [0.4, 0.5) is 0 Å². The molecular formula is C12H24N2O. The van der Waals surface area contributed by atoms with Gasteiger partial charge in [0.1, 0.15) is 0 Å². The minimum Gasteiger partial charge on any atom is -0.353 e. The maximum Gasteiger partial charge on any atom is 0.220 e. The molecule has 0 radical (unpaired) electrons. The predicted molar refractivity (Wildman–Crippen MR) is 62.7 cm³/mol. The topological polar surface area (TPSA) is 41.1 Å². The zero-order valence-electron chi connectivity index (χ0n) is 10.0. The first kappa shape index (κ1) is 12.5. The van der Waals surface area contributed by atoms with Crippen LogP contribution in [0.25, 0.3) is 0 Å². The first-order valence-corrected chi connectivity index (χ1v) is 6.18. The van der Waals surface area contributed by atoms with Crippen molar-refractivity contribution in [2.45, 2.75) is 52.0 Å². The molecule has 1 aliphatic rings. The molecule has 1 fully saturated rings. The smallest absolute Gasteiger partial charge is 0.220 e. The van der Waals surface area contributed by atoms with Gasteiger partial charge in [-0.3, -0.25) is 4.79 Å². The third kappa shape index (κ3) is 5.78. The molecule has 0 spiro atoms. The molecule has 1 amide bonds. The molecule has 15 heavy (non-hydrogen) atoms. The van der Waals surface area contributed by atoms with E-state index in [0.29, 0.717) is 18.4 Å². The summed E-state index contributed by atoms with van der Waals surface area (Å²) in [4.78, 5) is 11.6. The van der Waals surface area contributed by atoms with Gasteiger partial charge in [-0.2, -0.15) is 0 Å². The summed E-state index contributed by atoms with van der Waals surface area (Å²) in [5, 5.41) is 6.48. The van der Waals surface area contributed by atoms with E-state index >= 15 is 0 Å². The molecule has 1 aliphatic heterocycles. The highest BCUT2D eigenvalue weighted by atomic mass is 16.1. The Labute approximate surface area is 93.0 Å². The van der Waals surface area contributed by atoms with E-state index in [9.17, 15) is 4.79 Å². The number of rotatable bonds is 4. The monoisotopic (exact) mass is 212 g/mol. The highest BCUT2D eigenvalue weighted by molar-refractivity contribution is 5.76. The van der Waals surface area contributed by atoms with E-state index in [2.05, 4.69) is 24.5 Å². The van der Waals surface area contributed by atoms with Crippen LogP contribution in [0.15, 0.2) is 0 Å². The number of hydrogen-bond donors (Lipinski definition) is 2. The molecule has 3 nitrogen and oxygen atoms in total. The number of carbonyl (C=O) groups excluding carboxylic acids is 1. The average Bonchev–Trinajstić information content (AvgIpc) is 2.43. The van der Waals surface area contributed by atoms with Gasteiger partial charge in [0.25, 0.3) is 0 Å². The van der Waals surface area contributed by atoms with Gasteiger partial charge in [-0.25, -0.2) is 0 Å². The fourth-order valence-corrected chi connectivity index (χ4v) is 1.88. The van der Waals surface area contributed by atoms with Gasteiger partial charge in [-0.05, 0) is 44.7 Å². The van der Waals surface area contributed by atoms with E-state index in [1.54, 1.807) is 0 Å². The predicted octanol–water partition coefficient (Wildman–Crippen LogP) is 1.68. The molecule has 0 saturated carbocycles. The van der Waals surface area contributed by atoms with Gasteiger partial charge in [-0.1, -0.05) is 13.8 Å². The van der Waals surface area contributed by atoms with Crippen LogP contribution in [0, 0.1) is 5.92 Å². The lowest BCUT2D eigenvalue weighted by atomic mass is 10.1. The van der Waals surface area contributed by atoms with E-state index in [1.807, 2.05) is 0 Å². The second-order valence-corrected chi connectivity index (χ2v) is 4.88. The van der Waals surface area contributed by atoms with Crippen LogP contribution in [-0.2, 0) is 4.79 Å². The first-order chi connectivity index (χ1) is 7.18. The molecule has 0 aromatic heterocycles. The highest BCUT2D eigenvalue weighted by Gasteiger charge is 2.14. The fourth-order valence-electron chi connectivity index (χ4n) is 1.88. The second kappa shape index (κ2) is 6.83. The molecule has 88 valence electrons. The summed E-state index contributed by atoms with van der Waals surface area (Å²) in [6, 6.07) is 0.402. The van der Waals surface area contributed by atoms with Crippen LogP contribution in [0.2, 0.25) is 0 Å². The standard InChI is InChI=1S/C12H24N2O/c1-10(2)5-6-12(15)14-11-4-3-8-13-9-7-11/h10-11,13H,3-9H2,1-2H3,(H,14,15). The Balaban J connectivity index is 2.17. The molecular weight excluding hydrogens is 188 g/mol. The molecule has 0 bridgehead atoms. The van der Waals surface area contributed by atoms with Gasteiger partial charge < -0.3 is 10.6 Å². The quantitative estimate of drug-likeness (QED) is 0.744. The van der Waals surface area contributed by atoms with Gasteiger partial charge in [0, 0.05) is 12.5 Å². The zero-order chi connectivity index (χ0) is 11.1. The Hall–Kier alpha value is -0.570. The third-order valence-corrected chi connectivity index (χ3v) is 2.89. The van der Waals surface area contributed by atoms with E-state index in [-0.39, 0.29) is 5.91 Å². The summed E-state index contributed by atoms with van der Waals surface area (Å²) in [5.41, 5.74) is 0. The molecule has 1 rings (SSSR count). The van der Waals surface area contributed by atoms with Crippen molar-refractivity contribution in [3.63, 3.8) is 0 Å². The molecule has 2 N–H and O–H groups in total. The first-order valence-electron chi connectivity index (χ1n) is 6.18. The van der Waals surface area contributed by atoms with E-state index in [0.717, 1.165) is 32.4 Å². The van der Waals surface area contributed by atoms with E-state index in [1.165, 1.54) is 6.42 Å². The molecule has 3 heteroatoms. The molecule has 1 unspecified atom stereocenters. The zero-order valence-corrected chi connectivity index (χ0v) is 10.0. The Morgan fingerprint density at radius 3 is 2.93 bits per heavy atom. The van der Waals surface area contributed by atoms with Crippen molar-refractivity contribution in [2.75, 3.05) is 13.1 Å². The lowest BCUT2D eigenvalue weighted by molar-refractivity contribution is -0.122. The molecule has 1 heterocycles. The summed E-state index contributed by atoms with van der Waals surface area (Å²) in [6.45, 7) is 6.44. The van der Waals surface area contributed by atoms with Crippen molar-refractivity contribution in [1.29, 1.82) is 0 Å². The number of nitrogens with one attached hydrogen (secondary N) is 2. The van der Waals surface area contributed by atoms with Crippen LogP contribution in [-0.4, -0.2) is 25.0 Å². The van der Waals surface area contributed by atoms with Crippen molar-refractivity contribution in [3.8, 4) is 0 Å². The molecule has 0 aromatic carbocycles. The average molecular weight is 212 g/mol. The van der Waals surface area contributed by atoms with Crippen LogP contribution in [0.1, 0.15) is 46.0 Å². The van der Waals surface area contributed by atoms with Crippen molar-refractivity contribution < 1.29 is 4.79 Å². The maximum atomic E-state index is 11.6. The lowest BCUT2D eigenvalue weighted by Gasteiger charge is -2.16. The van der Waals surface area contributed by atoms with Crippen molar-refractivity contribution in [3.05, 3.63) is 0 Å². The number of hydrogen-bond acceptors (Lipinski definition) is 2. The second-order valence-electron chi connectivity index (χ2n) is 4.88. The van der Waals surface area contributed by atoms with Crippen molar-refractivity contribution >= 4 is 5.91 Å². The van der Waals surface area contributed by atoms with E-state index in [4.69, 9.17) is 0 Å². The largest absolute Gasteiger partial charge is 0.353 e. The lowest BCUT2D eigenvalue weighted by Crippen LogP contribution is -2.35. The summed E-state index contributed by atoms with van der Waals surface area (Å²) in [5.74, 6) is 0.849. The van der Waals surface area contributed by atoms with Gasteiger partial charge in [0.05, 0.1) is 0 Å². The van der Waals surface area contributed by atoms with Crippen LogP contribution < -0.4 is 10.6 Å². The minimum absolute atomic E-state index is 0.232. The third-order valence-electron chi connectivity index (χ3n) is 2.89. The van der Waals surface area contributed by atoms with Crippen molar-refractivity contribution in [1.82, 2.24) is 10.6 Å². The number of carbonyl (C=O) groups is 1. The molecule has 1 atom stereocenters. The van der Waals surface area contributed by atoms with Gasteiger partial charge in [0.2, 0.25) is 5.91 Å². The van der Waals surface area contributed by atoms with Gasteiger partial charge in [-0.15, -0.1) is 0 Å². The Bertz CT molecular complexity index is 184. The van der Waals surface area contributed by atoms with Crippen molar-refractivity contribution in [2.24, 2.45) is 5.92 Å². The summed E-state index contributed by atoms with van der Waals surface area (Å²) in [7, 11) is 0. The molecule has 0 aromatic rings. The maximum absolute atomic E-state index is 11.6. The summed E-state index contributed by atoms with van der Waals surface area (Å²) >= 11 is 0. The Kier molecular flexibility index (Phi) is 5.69. The normalized spacial score (nSPS) is 22.5. The highest BCUT2D eigenvalue weighted by Crippen LogP contribution is 2.07. The molecule has 1 saturated heterocycles. The van der Waals surface area contributed by atoms with Gasteiger partial charge in [0.15, 0.2) is 0 Å². The Morgan fingerprint density at radius 1 is 1.40 bits per heavy atom. The SMILES string of the molecule is CC(C)CCC(=O)NC1CCCNCC1. The van der Waals surface area contributed by atoms with Crippen LogP contribution in [0.5, 0.6) is 0 Å². The van der Waals surface area contributed by atoms with Crippen LogP contribution in [0.3, 0.4) is 0 Å². The fraction of sp³-hybridized carbons (Fsp3) is 0.917. The summed E-state index contributed by atoms with van der Waals surface area (Å²) in [6.07, 6.45) is 5.06. The van der Waals surface area contributed by atoms with Crippen LogP contribution >= 0.6 is 0 Å². The van der Waals surface area contributed by atoms with Gasteiger partial charge >= 0.3 is 0 Å². The van der Waals surface area contributed by atoms with E-state index < -0.39 is 0 Å². The Morgan fingerprint density at radius 2 is 2.20 bits per heavy atom. The molecule has 0 aliphatic carbocycles. The summed E-state index contributed by atoms with van der Waals surface area (Å²) < 4.78 is 0. The minimum atomic E-state index is 0.232.